The van der Waals surface area contributed by atoms with Crippen LogP contribution in [0.25, 0.3) is 0 Å². The predicted octanol–water partition coefficient (Wildman–Crippen LogP) is 3.47. The van der Waals surface area contributed by atoms with Gasteiger partial charge in [0.2, 0.25) is 0 Å². The van der Waals surface area contributed by atoms with E-state index in [2.05, 4.69) is 0 Å². The first-order valence-electron chi connectivity index (χ1n) is 4.53. The van der Waals surface area contributed by atoms with Gasteiger partial charge in [-0.25, -0.2) is 0 Å². The Hall–Kier alpha value is -1.54. The van der Waals surface area contributed by atoms with Crippen molar-refractivity contribution in [2.75, 3.05) is 0 Å². The highest BCUT2D eigenvalue weighted by Crippen LogP contribution is 2.21. The van der Waals surface area contributed by atoms with Crippen molar-refractivity contribution in [2.45, 2.75) is 6.92 Å². The highest BCUT2D eigenvalue weighted by molar-refractivity contribution is 6.35. The molecule has 3 heteroatoms. The fraction of sp³-hybridized carbons (Fsp3) is 0.0833. The van der Waals surface area contributed by atoms with Crippen LogP contribution in [0.4, 0.5) is 0 Å². The smallest absolute Gasteiger partial charge is 0.198 e. The molecule has 0 amide bonds. The van der Waals surface area contributed by atoms with E-state index in [0.717, 1.165) is 0 Å². The van der Waals surface area contributed by atoms with Crippen LogP contribution in [0.2, 0.25) is 5.02 Å². The first-order valence-corrected chi connectivity index (χ1v) is 4.91. The van der Waals surface area contributed by atoms with Crippen molar-refractivity contribution in [1.29, 1.82) is 0 Å². The van der Waals surface area contributed by atoms with E-state index in [0.29, 0.717) is 21.9 Å². The van der Waals surface area contributed by atoms with Crippen LogP contribution in [0.3, 0.4) is 0 Å². The summed E-state index contributed by atoms with van der Waals surface area (Å²) in [5, 5.41) is 0.461. The molecule has 0 N–H and O–H groups in total. The summed E-state index contributed by atoms with van der Waals surface area (Å²) in [6.45, 7) is 1.75. The molecule has 0 bridgehead atoms. The van der Waals surface area contributed by atoms with E-state index in [1.54, 1.807) is 37.3 Å². The molecule has 0 saturated heterocycles. The van der Waals surface area contributed by atoms with E-state index in [1.807, 2.05) is 0 Å². The van der Waals surface area contributed by atoms with Gasteiger partial charge >= 0.3 is 0 Å². The van der Waals surface area contributed by atoms with Crippen LogP contribution in [0.15, 0.2) is 41.0 Å². The molecule has 15 heavy (non-hydrogen) atoms. The maximum Gasteiger partial charge on any atom is 0.198 e. The Balaban J connectivity index is 2.46. The van der Waals surface area contributed by atoms with Crippen molar-refractivity contribution in [3.05, 3.63) is 58.5 Å². The van der Waals surface area contributed by atoms with Gasteiger partial charge in [0, 0.05) is 5.56 Å². The molecule has 0 saturated carbocycles. The van der Waals surface area contributed by atoms with Gasteiger partial charge < -0.3 is 4.42 Å². The molecule has 0 aliphatic carbocycles. The minimum Gasteiger partial charge on any atom is -0.469 e. The van der Waals surface area contributed by atoms with Gasteiger partial charge in [0.1, 0.15) is 5.76 Å². The molecular weight excluding hydrogens is 212 g/mol. The molecule has 1 aromatic carbocycles. The average Bonchev–Trinajstić information content (AvgIpc) is 2.64. The van der Waals surface area contributed by atoms with Crippen LogP contribution >= 0.6 is 11.6 Å². The molecule has 2 nitrogen and oxygen atoms in total. The lowest BCUT2D eigenvalue weighted by molar-refractivity contribution is 0.103. The number of hydrogen-bond acceptors (Lipinski definition) is 2. The Labute approximate surface area is 92.5 Å². The van der Waals surface area contributed by atoms with E-state index in [9.17, 15) is 4.79 Å². The predicted molar refractivity (Wildman–Crippen MR) is 58.3 cm³/mol. The number of carbonyl (C=O) groups excluding carboxylic acids is 1. The van der Waals surface area contributed by atoms with Crippen LogP contribution in [0.1, 0.15) is 21.7 Å². The largest absolute Gasteiger partial charge is 0.469 e. The Kier molecular flexibility index (Phi) is 2.60. The molecule has 0 aliphatic rings. The number of rotatable bonds is 2. The minimum atomic E-state index is -0.105. The van der Waals surface area contributed by atoms with Gasteiger partial charge in [-0.2, -0.15) is 0 Å². The van der Waals surface area contributed by atoms with Gasteiger partial charge in [-0.1, -0.05) is 23.7 Å². The minimum absolute atomic E-state index is 0.105. The van der Waals surface area contributed by atoms with E-state index in [4.69, 9.17) is 16.0 Å². The lowest BCUT2D eigenvalue weighted by Crippen LogP contribution is -2.01. The molecular formula is C12H9ClO2. The van der Waals surface area contributed by atoms with E-state index in [1.165, 1.54) is 6.26 Å². The van der Waals surface area contributed by atoms with E-state index in [-0.39, 0.29) is 5.78 Å². The maximum atomic E-state index is 12.0. The Morgan fingerprint density at radius 3 is 2.53 bits per heavy atom. The maximum absolute atomic E-state index is 12.0. The first-order chi connectivity index (χ1) is 7.20. The zero-order valence-corrected chi connectivity index (χ0v) is 8.91. The van der Waals surface area contributed by atoms with Crippen molar-refractivity contribution >= 4 is 17.4 Å². The second kappa shape index (κ2) is 3.91. The van der Waals surface area contributed by atoms with Gasteiger partial charge in [0.05, 0.1) is 16.8 Å². The highest BCUT2D eigenvalue weighted by atomic mass is 35.5. The Morgan fingerprint density at radius 2 is 1.93 bits per heavy atom. The summed E-state index contributed by atoms with van der Waals surface area (Å²) in [7, 11) is 0. The van der Waals surface area contributed by atoms with Crippen molar-refractivity contribution < 1.29 is 9.21 Å². The third-order valence-electron chi connectivity index (χ3n) is 2.22. The number of hydrogen-bond donors (Lipinski definition) is 0. The zero-order valence-electron chi connectivity index (χ0n) is 8.16. The highest BCUT2D eigenvalue weighted by Gasteiger charge is 2.15. The lowest BCUT2D eigenvalue weighted by atomic mass is 10.0. The molecule has 0 fully saturated rings. The summed E-state index contributed by atoms with van der Waals surface area (Å²) in [6.07, 6.45) is 1.50. The second-order valence-electron chi connectivity index (χ2n) is 3.20. The SMILES string of the molecule is Cc1occc1C(=O)c1ccccc1Cl. The molecule has 0 atom stereocenters. The summed E-state index contributed by atoms with van der Waals surface area (Å²) in [5.41, 5.74) is 1.06. The summed E-state index contributed by atoms with van der Waals surface area (Å²) in [6, 6.07) is 8.64. The van der Waals surface area contributed by atoms with E-state index >= 15 is 0 Å². The van der Waals surface area contributed by atoms with Gasteiger partial charge in [-0.3, -0.25) is 4.79 Å². The number of aryl methyl sites for hydroxylation is 1. The fourth-order valence-corrected chi connectivity index (χ4v) is 1.63. The molecule has 2 aromatic rings. The molecule has 76 valence electrons. The standard InChI is InChI=1S/C12H9ClO2/c1-8-9(6-7-15-8)12(14)10-4-2-3-5-11(10)13/h2-7H,1H3. The number of carbonyl (C=O) groups is 1. The number of halogens is 1. The quantitative estimate of drug-likeness (QED) is 0.726. The van der Waals surface area contributed by atoms with Crippen LogP contribution in [0.5, 0.6) is 0 Å². The molecule has 0 radical (unpaired) electrons. The van der Waals surface area contributed by atoms with Gasteiger partial charge in [-0.15, -0.1) is 0 Å². The summed E-state index contributed by atoms with van der Waals surface area (Å²) in [5.74, 6) is 0.506. The second-order valence-corrected chi connectivity index (χ2v) is 3.61. The third-order valence-corrected chi connectivity index (χ3v) is 2.55. The fourth-order valence-electron chi connectivity index (χ4n) is 1.41. The third kappa shape index (κ3) is 1.81. The lowest BCUT2D eigenvalue weighted by Gasteiger charge is -2.01. The summed E-state index contributed by atoms with van der Waals surface area (Å²) < 4.78 is 5.08. The Bertz CT molecular complexity index is 500. The molecule has 1 aromatic heterocycles. The topological polar surface area (TPSA) is 30.2 Å². The average molecular weight is 221 g/mol. The molecule has 0 spiro atoms. The monoisotopic (exact) mass is 220 g/mol. The van der Waals surface area contributed by atoms with E-state index < -0.39 is 0 Å². The van der Waals surface area contributed by atoms with Crippen LogP contribution < -0.4 is 0 Å². The molecule has 0 unspecified atom stereocenters. The molecule has 2 rings (SSSR count). The van der Waals surface area contributed by atoms with Crippen LogP contribution in [0, 0.1) is 6.92 Å². The van der Waals surface area contributed by atoms with Crippen molar-refractivity contribution in [1.82, 2.24) is 0 Å². The van der Waals surface area contributed by atoms with Crippen LogP contribution in [-0.4, -0.2) is 5.78 Å². The zero-order chi connectivity index (χ0) is 10.8. The van der Waals surface area contributed by atoms with Crippen molar-refractivity contribution in [2.24, 2.45) is 0 Å². The molecule has 0 aliphatic heterocycles. The van der Waals surface area contributed by atoms with Crippen molar-refractivity contribution in [3.8, 4) is 0 Å². The van der Waals surface area contributed by atoms with Gasteiger partial charge in [-0.05, 0) is 25.1 Å². The first kappa shape index (κ1) is 9.99. The number of ketones is 1. The van der Waals surface area contributed by atoms with Gasteiger partial charge in [0.25, 0.3) is 0 Å². The number of furan rings is 1. The summed E-state index contributed by atoms with van der Waals surface area (Å²) >= 11 is 5.94. The van der Waals surface area contributed by atoms with Crippen molar-refractivity contribution in [3.63, 3.8) is 0 Å². The normalized spacial score (nSPS) is 10.3. The Morgan fingerprint density at radius 1 is 1.20 bits per heavy atom. The molecule has 1 heterocycles. The van der Waals surface area contributed by atoms with Gasteiger partial charge in [0.15, 0.2) is 5.78 Å². The summed E-state index contributed by atoms with van der Waals surface area (Å²) in [4.78, 5) is 12.0. The number of benzene rings is 1. The van der Waals surface area contributed by atoms with Crippen LogP contribution in [-0.2, 0) is 0 Å².